The number of nitrogens with one attached hydrogen (secondary N) is 1. The van der Waals surface area contributed by atoms with E-state index in [-0.39, 0.29) is 31.1 Å². The summed E-state index contributed by atoms with van der Waals surface area (Å²) in [5.74, 6) is 0. The zero-order chi connectivity index (χ0) is 13.7. The SMILES string of the molecule is CC.Cc1nc(-c2cc(-c3cccnc3)n[nH]2)cs1.[U]. The number of hydrogen-bond acceptors (Lipinski definition) is 4. The van der Waals surface area contributed by atoms with E-state index in [2.05, 4.69) is 20.2 Å². The number of pyridine rings is 1. The Bertz CT molecular complexity index is 633. The van der Waals surface area contributed by atoms with E-state index < -0.39 is 0 Å². The number of H-pyrrole nitrogens is 1. The molecule has 3 aromatic rings. The topological polar surface area (TPSA) is 54.5 Å². The van der Waals surface area contributed by atoms with Gasteiger partial charge in [-0.25, -0.2) is 4.98 Å². The number of hydrogen-bond donors (Lipinski definition) is 1. The minimum Gasteiger partial charge on any atom is -0.276 e. The number of aryl methyl sites for hydroxylation is 1. The van der Waals surface area contributed by atoms with Gasteiger partial charge in [0.1, 0.15) is 0 Å². The molecule has 1 N–H and O–H groups in total. The molecule has 4 nitrogen and oxygen atoms in total. The molecule has 0 unspecified atom stereocenters. The Morgan fingerprint density at radius 3 is 2.60 bits per heavy atom. The third-order valence-electron chi connectivity index (χ3n) is 2.43. The Balaban J connectivity index is 0.000000639. The molecule has 0 amide bonds. The minimum absolute atomic E-state index is 0. The maximum Gasteiger partial charge on any atom is 0.0992 e. The van der Waals surface area contributed by atoms with Gasteiger partial charge >= 0.3 is 0 Å². The Hall–Kier alpha value is -0.958. The van der Waals surface area contributed by atoms with Gasteiger partial charge in [-0.15, -0.1) is 11.3 Å². The monoisotopic (exact) mass is 510 g/mol. The van der Waals surface area contributed by atoms with Crippen molar-refractivity contribution < 1.29 is 31.1 Å². The standard InChI is InChI=1S/C12H10N4S.C2H6.U/c1-8-14-12(7-17-8)11-5-10(15-16-11)9-3-2-4-13-6-9;1-2;/h2-7H,1H3,(H,15,16);1-2H3;. The van der Waals surface area contributed by atoms with Gasteiger partial charge in [-0.2, -0.15) is 5.10 Å². The Morgan fingerprint density at radius 2 is 2.00 bits per heavy atom. The number of aromatic nitrogens is 4. The van der Waals surface area contributed by atoms with Crippen LogP contribution >= 0.6 is 11.3 Å². The second kappa shape index (κ2) is 8.36. The van der Waals surface area contributed by atoms with Gasteiger partial charge in [0.2, 0.25) is 0 Å². The van der Waals surface area contributed by atoms with Crippen molar-refractivity contribution in [3.8, 4) is 22.6 Å². The first-order valence-corrected chi connectivity index (χ1v) is 7.09. The molecule has 0 atom stereocenters. The van der Waals surface area contributed by atoms with Gasteiger partial charge in [0.25, 0.3) is 0 Å². The van der Waals surface area contributed by atoms with Gasteiger partial charge in [-0.1, -0.05) is 13.8 Å². The first kappa shape index (κ1) is 17.1. The molecule has 3 rings (SSSR count). The molecule has 20 heavy (non-hydrogen) atoms. The molecule has 0 fully saturated rings. The summed E-state index contributed by atoms with van der Waals surface area (Å²) in [4.78, 5) is 8.50. The number of rotatable bonds is 2. The zero-order valence-corrected chi connectivity index (χ0v) is 16.7. The molecular formula is C14H16N4SU. The van der Waals surface area contributed by atoms with Gasteiger partial charge in [-0.05, 0) is 25.1 Å². The van der Waals surface area contributed by atoms with Crippen LogP contribution in [0.2, 0.25) is 0 Å². The summed E-state index contributed by atoms with van der Waals surface area (Å²) >= 11 is 1.63. The summed E-state index contributed by atoms with van der Waals surface area (Å²) in [5.41, 5.74) is 3.77. The summed E-state index contributed by atoms with van der Waals surface area (Å²) in [6.07, 6.45) is 3.55. The number of nitrogens with zero attached hydrogens (tertiary/aromatic N) is 3. The maximum atomic E-state index is 4.42. The second-order valence-electron chi connectivity index (χ2n) is 3.66. The van der Waals surface area contributed by atoms with Crippen molar-refractivity contribution in [1.82, 2.24) is 20.2 Å². The summed E-state index contributed by atoms with van der Waals surface area (Å²) < 4.78 is 0. The molecule has 0 saturated carbocycles. The van der Waals surface area contributed by atoms with Crippen LogP contribution in [0.3, 0.4) is 0 Å². The summed E-state index contributed by atoms with van der Waals surface area (Å²) in [7, 11) is 0. The molecule has 0 aliphatic rings. The van der Waals surface area contributed by atoms with Gasteiger partial charge in [0.15, 0.2) is 0 Å². The second-order valence-corrected chi connectivity index (χ2v) is 4.72. The molecule has 0 radical (unpaired) electrons. The van der Waals surface area contributed by atoms with Crippen LogP contribution in [0, 0.1) is 38.0 Å². The summed E-state index contributed by atoms with van der Waals surface area (Å²) in [6.45, 7) is 5.99. The van der Waals surface area contributed by atoms with Crippen molar-refractivity contribution in [3.63, 3.8) is 0 Å². The first-order valence-electron chi connectivity index (χ1n) is 6.21. The van der Waals surface area contributed by atoms with E-state index in [1.54, 1.807) is 23.7 Å². The molecule has 0 aromatic carbocycles. The van der Waals surface area contributed by atoms with E-state index in [1.807, 2.05) is 44.4 Å². The predicted molar refractivity (Wildman–Crippen MR) is 79.0 cm³/mol. The van der Waals surface area contributed by atoms with E-state index in [9.17, 15) is 0 Å². The molecule has 0 saturated heterocycles. The van der Waals surface area contributed by atoms with E-state index in [4.69, 9.17) is 0 Å². The third-order valence-corrected chi connectivity index (χ3v) is 3.20. The molecule has 0 bridgehead atoms. The number of aromatic amines is 1. The average Bonchev–Trinajstić information content (AvgIpc) is 3.10. The summed E-state index contributed by atoms with van der Waals surface area (Å²) in [5, 5.41) is 10.3. The van der Waals surface area contributed by atoms with Crippen molar-refractivity contribution >= 4 is 11.3 Å². The molecule has 3 aromatic heterocycles. The Kier molecular flexibility index (Phi) is 7.14. The van der Waals surface area contributed by atoms with Crippen LogP contribution in [0.5, 0.6) is 0 Å². The van der Waals surface area contributed by atoms with Crippen LogP contribution in [-0.4, -0.2) is 20.2 Å². The quantitative estimate of drug-likeness (QED) is 0.569. The smallest absolute Gasteiger partial charge is 0.0992 e. The first-order chi connectivity index (χ1) is 9.33. The van der Waals surface area contributed by atoms with Gasteiger partial charge in [0, 0.05) is 54.5 Å². The van der Waals surface area contributed by atoms with Crippen molar-refractivity contribution in [1.29, 1.82) is 0 Å². The van der Waals surface area contributed by atoms with Crippen molar-refractivity contribution in [2.75, 3.05) is 0 Å². The fraction of sp³-hybridized carbons (Fsp3) is 0.214. The molecular weight excluding hydrogens is 494 g/mol. The normalized spacial score (nSPS) is 9.35. The van der Waals surface area contributed by atoms with Crippen molar-refractivity contribution in [2.45, 2.75) is 20.8 Å². The fourth-order valence-electron chi connectivity index (χ4n) is 1.60. The fourth-order valence-corrected chi connectivity index (χ4v) is 2.22. The van der Waals surface area contributed by atoms with Crippen LogP contribution in [0.4, 0.5) is 0 Å². The molecule has 0 aliphatic carbocycles. The molecule has 6 heteroatoms. The van der Waals surface area contributed by atoms with Crippen LogP contribution < -0.4 is 0 Å². The summed E-state index contributed by atoms with van der Waals surface area (Å²) in [6, 6.07) is 5.88. The van der Waals surface area contributed by atoms with E-state index >= 15 is 0 Å². The van der Waals surface area contributed by atoms with Gasteiger partial charge in [-0.3, -0.25) is 10.1 Å². The van der Waals surface area contributed by atoms with E-state index in [1.165, 1.54) is 0 Å². The van der Waals surface area contributed by atoms with E-state index in [0.717, 1.165) is 27.7 Å². The van der Waals surface area contributed by atoms with E-state index in [0.29, 0.717) is 0 Å². The van der Waals surface area contributed by atoms with Crippen molar-refractivity contribution in [3.05, 3.63) is 41.0 Å². The minimum atomic E-state index is 0. The van der Waals surface area contributed by atoms with Crippen LogP contribution in [0.1, 0.15) is 18.9 Å². The largest absolute Gasteiger partial charge is 0.276 e. The van der Waals surface area contributed by atoms with Gasteiger partial charge < -0.3 is 0 Å². The Morgan fingerprint density at radius 1 is 1.20 bits per heavy atom. The molecule has 102 valence electrons. The van der Waals surface area contributed by atoms with Crippen LogP contribution in [0.25, 0.3) is 22.6 Å². The van der Waals surface area contributed by atoms with Crippen molar-refractivity contribution in [2.24, 2.45) is 0 Å². The average molecular weight is 510 g/mol. The van der Waals surface area contributed by atoms with Gasteiger partial charge in [0.05, 0.1) is 22.1 Å². The predicted octanol–water partition coefficient (Wildman–Crippen LogP) is 3.93. The molecule has 0 spiro atoms. The van der Waals surface area contributed by atoms with Crippen LogP contribution in [-0.2, 0) is 0 Å². The molecule has 0 aliphatic heterocycles. The molecule has 3 heterocycles. The number of thiazole rings is 1. The Labute approximate surface area is 146 Å². The third kappa shape index (κ3) is 4.02. The maximum absolute atomic E-state index is 4.42. The zero-order valence-electron chi connectivity index (χ0n) is 11.7. The van der Waals surface area contributed by atoms with Crippen LogP contribution in [0.15, 0.2) is 36.0 Å².